The molecule has 2 unspecified atom stereocenters. The Bertz CT molecular complexity index is 1490. The number of aromatic nitrogens is 5. The normalized spacial score (nSPS) is 19.5. The van der Waals surface area contributed by atoms with E-state index in [1.54, 1.807) is 24.5 Å². The molecule has 10 nitrogen and oxygen atoms in total. The highest BCUT2D eigenvalue weighted by molar-refractivity contribution is 5.96. The highest BCUT2D eigenvalue weighted by Gasteiger charge is 2.43. The van der Waals surface area contributed by atoms with Crippen LogP contribution in [0, 0.1) is 18.3 Å². The molecule has 1 N–H and O–H groups in total. The SMILES string of the molecule is Cc1c(C(=O)N2C3CCC2CN(c2ccc(C#N)cc2)C3)cnn1-c1nn2cccc2c(=O)[nH]1. The lowest BCUT2D eigenvalue weighted by Crippen LogP contribution is -2.56. The number of hydrogen-bond acceptors (Lipinski definition) is 6. The number of nitrogens with zero attached hydrogens (tertiary/aromatic N) is 7. The number of nitrogens with one attached hydrogen (secondary N) is 1. The highest BCUT2D eigenvalue weighted by Crippen LogP contribution is 2.34. The molecular formula is C24H22N8O2. The van der Waals surface area contributed by atoms with Crippen molar-refractivity contribution in [2.45, 2.75) is 31.8 Å². The number of carbonyl (C=O) groups is 1. The molecule has 2 aliphatic rings. The monoisotopic (exact) mass is 454 g/mol. The van der Waals surface area contributed by atoms with Gasteiger partial charge in [-0.2, -0.15) is 10.4 Å². The van der Waals surface area contributed by atoms with E-state index in [2.05, 4.69) is 26.2 Å². The lowest BCUT2D eigenvalue weighted by atomic mass is 10.1. The first-order valence-corrected chi connectivity index (χ1v) is 11.2. The summed E-state index contributed by atoms with van der Waals surface area (Å²) in [6.07, 6.45) is 5.17. The van der Waals surface area contributed by atoms with Gasteiger partial charge in [-0.05, 0) is 56.2 Å². The maximum absolute atomic E-state index is 13.6. The Hall–Kier alpha value is -4.39. The fraction of sp³-hybridized carbons (Fsp3) is 0.292. The third-order valence-corrected chi connectivity index (χ3v) is 6.91. The minimum absolute atomic E-state index is 0.0416. The van der Waals surface area contributed by atoms with Crippen molar-refractivity contribution in [2.75, 3.05) is 18.0 Å². The molecule has 34 heavy (non-hydrogen) atoms. The van der Waals surface area contributed by atoms with Crippen molar-refractivity contribution in [2.24, 2.45) is 0 Å². The lowest BCUT2D eigenvalue weighted by molar-refractivity contribution is 0.0641. The predicted octanol–water partition coefficient (Wildman–Crippen LogP) is 1.88. The van der Waals surface area contributed by atoms with E-state index in [-0.39, 0.29) is 29.5 Å². The lowest BCUT2D eigenvalue weighted by Gasteiger charge is -2.42. The predicted molar refractivity (Wildman–Crippen MR) is 124 cm³/mol. The zero-order chi connectivity index (χ0) is 23.4. The van der Waals surface area contributed by atoms with Crippen LogP contribution in [0.15, 0.2) is 53.6 Å². The minimum atomic E-state index is -0.269. The number of benzene rings is 1. The van der Waals surface area contributed by atoms with Crippen LogP contribution in [0.2, 0.25) is 0 Å². The molecule has 5 heterocycles. The number of carbonyl (C=O) groups excluding carboxylic acids is 1. The Balaban J connectivity index is 1.26. The van der Waals surface area contributed by atoms with Crippen LogP contribution in [-0.2, 0) is 0 Å². The molecule has 2 aliphatic heterocycles. The molecule has 170 valence electrons. The van der Waals surface area contributed by atoms with E-state index in [1.165, 1.54) is 9.20 Å². The number of aromatic amines is 1. The van der Waals surface area contributed by atoms with Gasteiger partial charge >= 0.3 is 0 Å². The van der Waals surface area contributed by atoms with Crippen molar-refractivity contribution in [1.29, 1.82) is 5.26 Å². The molecule has 6 rings (SSSR count). The van der Waals surface area contributed by atoms with Crippen molar-refractivity contribution < 1.29 is 4.79 Å². The quantitative estimate of drug-likeness (QED) is 0.505. The Morgan fingerprint density at radius 3 is 2.59 bits per heavy atom. The van der Waals surface area contributed by atoms with E-state index in [0.717, 1.165) is 31.6 Å². The summed E-state index contributed by atoms with van der Waals surface area (Å²) in [6, 6.07) is 13.4. The maximum Gasteiger partial charge on any atom is 0.276 e. The number of amides is 1. The summed E-state index contributed by atoms with van der Waals surface area (Å²) >= 11 is 0. The van der Waals surface area contributed by atoms with E-state index < -0.39 is 0 Å². The molecule has 0 radical (unpaired) electrons. The first-order chi connectivity index (χ1) is 16.5. The van der Waals surface area contributed by atoms with Crippen LogP contribution in [0.1, 0.15) is 34.5 Å². The Labute approximate surface area is 194 Å². The average Bonchev–Trinajstić information content (AvgIpc) is 3.54. The van der Waals surface area contributed by atoms with Crippen LogP contribution in [0.25, 0.3) is 11.5 Å². The van der Waals surface area contributed by atoms with Gasteiger partial charge in [0.2, 0.25) is 5.95 Å². The molecule has 2 saturated heterocycles. The zero-order valence-corrected chi connectivity index (χ0v) is 18.5. The number of piperazine rings is 1. The van der Waals surface area contributed by atoms with Crippen LogP contribution < -0.4 is 10.5 Å². The van der Waals surface area contributed by atoms with Crippen molar-refractivity contribution in [1.82, 2.24) is 29.3 Å². The first kappa shape index (κ1) is 20.2. The van der Waals surface area contributed by atoms with Gasteiger partial charge in [0.05, 0.1) is 29.1 Å². The van der Waals surface area contributed by atoms with Gasteiger partial charge in [0.25, 0.3) is 11.5 Å². The van der Waals surface area contributed by atoms with E-state index in [9.17, 15) is 9.59 Å². The van der Waals surface area contributed by atoms with Gasteiger partial charge in [-0.25, -0.2) is 9.20 Å². The van der Waals surface area contributed by atoms with Gasteiger partial charge in [0, 0.05) is 37.1 Å². The summed E-state index contributed by atoms with van der Waals surface area (Å²) < 4.78 is 3.00. The fourth-order valence-corrected chi connectivity index (χ4v) is 5.19. The largest absolute Gasteiger partial charge is 0.367 e. The number of rotatable bonds is 3. The van der Waals surface area contributed by atoms with Crippen molar-refractivity contribution in [3.8, 4) is 12.0 Å². The van der Waals surface area contributed by atoms with Gasteiger partial charge in [0.1, 0.15) is 5.52 Å². The Morgan fingerprint density at radius 1 is 1.15 bits per heavy atom. The molecular weight excluding hydrogens is 432 g/mol. The number of nitriles is 1. The summed E-state index contributed by atoms with van der Waals surface area (Å²) in [5, 5.41) is 17.8. The summed E-state index contributed by atoms with van der Waals surface area (Å²) in [5.41, 5.74) is 3.03. The molecule has 1 amide bonds. The third kappa shape index (κ3) is 3.08. The zero-order valence-electron chi connectivity index (χ0n) is 18.5. The van der Waals surface area contributed by atoms with Crippen LogP contribution in [0.5, 0.6) is 0 Å². The maximum atomic E-state index is 13.6. The molecule has 2 fully saturated rings. The summed E-state index contributed by atoms with van der Waals surface area (Å²) in [6.45, 7) is 3.32. The van der Waals surface area contributed by atoms with Crippen LogP contribution in [-0.4, -0.2) is 60.4 Å². The first-order valence-electron chi connectivity index (χ1n) is 11.2. The van der Waals surface area contributed by atoms with E-state index in [1.807, 2.05) is 36.1 Å². The van der Waals surface area contributed by atoms with Crippen LogP contribution >= 0.6 is 0 Å². The molecule has 1 aromatic carbocycles. The number of hydrogen-bond donors (Lipinski definition) is 1. The van der Waals surface area contributed by atoms with Crippen LogP contribution in [0.4, 0.5) is 5.69 Å². The molecule has 2 atom stereocenters. The molecule has 10 heteroatoms. The van der Waals surface area contributed by atoms with E-state index in [0.29, 0.717) is 22.3 Å². The molecule has 0 aliphatic carbocycles. The van der Waals surface area contributed by atoms with Gasteiger partial charge in [0.15, 0.2) is 0 Å². The topological polar surface area (TPSA) is 115 Å². The molecule has 2 bridgehead atoms. The summed E-state index contributed by atoms with van der Waals surface area (Å²) in [7, 11) is 0. The van der Waals surface area contributed by atoms with E-state index >= 15 is 0 Å². The fourth-order valence-electron chi connectivity index (χ4n) is 5.19. The Kier molecular flexibility index (Phi) is 4.52. The van der Waals surface area contributed by atoms with Gasteiger partial charge in [-0.3, -0.25) is 14.6 Å². The summed E-state index contributed by atoms with van der Waals surface area (Å²) in [4.78, 5) is 33.0. The second kappa shape index (κ2) is 7.59. The number of fused-ring (bicyclic) bond motifs is 3. The second-order valence-electron chi connectivity index (χ2n) is 8.83. The van der Waals surface area contributed by atoms with Gasteiger partial charge in [-0.15, -0.1) is 5.10 Å². The minimum Gasteiger partial charge on any atom is -0.367 e. The van der Waals surface area contributed by atoms with Gasteiger partial charge in [-0.1, -0.05) is 0 Å². The molecule has 0 saturated carbocycles. The van der Waals surface area contributed by atoms with Crippen molar-refractivity contribution in [3.05, 3.63) is 76.0 Å². The molecule has 4 aromatic rings. The standard InChI is InChI=1S/C24H22N8O2/c1-15-20(12-26-32(15)24-27-22(33)21-3-2-10-30(21)28-24)23(34)31-18-8-9-19(31)14-29(13-18)17-6-4-16(11-25)5-7-17/h2-7,10,12,18-19H,8-9,13-14H2,1H3,(H,27,28,33). The average molecular weight is 454 g/mol. The van der Waals surface area contributed by atoms with Crippen molar-refractivity contribution in [3.63, 3.8) is 0 Å². The van der Waals surface area contributed by atoms with Crippen molar-refractivity contribution >= 4 is 17.1 Å². The van der Waals surface area contributed by atoms with Crippen LogP contribution in [0.3, 0.4) is 0 Å². The highest BCUT2D eigenvalue weighted by atomic mass is 16.2. The number of anilines is 1. The van der Waals surface area contributed by atoms with Gasteiger partial charge < -0.3 is 9.80 Å². The smallest absolute Gasteiger partial charge is 0.276 e. The number of H-pyrrole nitrogens is 1. The van der Waals surface area contributed by atoms with E-state index in [4.69, 9.17) is 5.26 Å². The second-order valence-corrected chi connectivity index (χ2v) is 8.83. The summed E-state index contributed by atoms with van der Waals surface area (Å²) in [5.74, 6) is 0.221. The molecule has 0 spiro atoms. The Morgan fingerprint density at radius 2 is 1.88 bits per heavy atom. The third-order valence-electron chi connectivity index (χ3n) is 6.91. The molecule has 3 aromatic heterocycles.